The lowest BCUT2D eigenvalue weighted by Gasteiger charge is -2.33. The Bertz CT molecular complexity index is 1370. The summed E-state index contributed by atoms with van der Waals surface area (Å²) in [6.45, 7) is 3.90. The molecule has 214 valence electrons. The molecule has 1 N–H and O–H groups in total. The number of methoxy groups -OCH3 is 2. The van der Waals surface area contributed by atoms with Gasteiger partial charge < -0.3 is 19.7 Å². The molecule has 0 fully saturated rings. The number of sulfonamides is 1. The molecule has 0 unspecified atom stereocenters. The van der Waals surface area contributed by atoms with E-state index in [4.69, 9.17) is 9.47 Å². The number of para-hydroxylation sites is 1. The first-order chi connectivity index (χ1) is 19.3. The van der Waals surface area contributed by atoms with Gasteiger partial charge in [0.05, 0.1) is 24.8 Å². The van der Waals surface area contributed by atoms with Crippen LogP contribution in [0.15, 0.2) is 83.8 Å². The van der Waals surface area contributed by atoms with Crippen molar-refractivity contribution in [1.29, 1.82) is 0 Å². The van der Waals surface area contributed by atoms with Crippen LogP contribution in [0.4, 0.5) is 5.69 Å². The number of ether oxygens (including phenoxy) is 2. The fraction of sp³-hybridized carbons (Fsp3) is 0.333. The molecule has 0 aliphatic rings. The van der Waals surface area contributed by atoms with Crippen molar-refractivity contribution in [3.63, 3.8) is 0 Å². The molecule has 10 heteroatoms. The molecule has 0 aliphatic heterocycles. The van der Waals surface area contributed by atoms with Gasteiger partial charge in [0.1, 0.15) is 12.6 Å². The molecule has 0 heterocycles. The van der Waals surface area contributed by atoms with Crippen molar-refractivity contribution in [1.82, 2.24) is 10.2 Å². The van der Waals surface area contributed by atoms with Crippen LogP contribution in [0.1, 0.15) is 32.3 Å². The fourth-order valence-corrected chi connectivity index (χ4v) is 5.72. The molecule has 0 aliphatic carbocycles. The summed E-state index contributed by atoms with van der Waals surface area (Å²) in [6, 6.07) is 21.2. The number of hydrogen-bond acceptors (Lipinski definition) is 6. The maximum absolute atomic E-state index is 14.0. The highest BCUT2D eigenvalue weighted by Crippen LogP contribution is 2.32. The molecule has 0 saturated heterocycles. The second-order valence-electron chi connectivity index (χ2n) is 9.09. The smallest absolute Gasteiger partial charge is 0.264 e. The van der Waals surface area contributed by atoms with E-state index in [0.29, 0.717) is 24.4 Å². The highest BCUT2D eigenvalue weighted by Gasteiger charge is 2.34. The first-order valence-electron chi connectivity index (χ1n) is 13.2. The molecular formula is C30H37N3O6S. The first-order valence-corrected chi connectivity index (χ1v) is 14.6. The molecular weight excluding hydrogens is 530 g/mol. The standard InChI is InChI=1S/C30H37N3O6S/c1-5-19-31-30(35)26(6-2)32(21-23-13-9-7-10-14-23)29(34)22-33(24-15-11-8-12-16-24)40(36,37)25-17-18-27(38-3)28(20-25)39-4/h7-18,20,26H,5-6,19,21-22H2,1-4H3,(H,31,35)/t26-/m1/s1. The van der Waals surface area contributed by atoms with Gasteiger partial charge in [-0.15, -0.1) is 0 Å². The lowest BCUT2D eigenvalue weighted by Crippen LogP contribution is -2.52. The van der Waals surface area contributed by atoms with Crippen molar-refractivity contribution in [2.24, 2.45) is 0 Å². The fourth-order valence-electron chi connectivity index (χ4n) is 4.29. The maximum atomic E-state index is 14.0. The van der Waals surface area contributed by atoms with E-state index in [1.807, 2.05) is 44.2 Å². The summed E-state index contributed by atoms with van der Waals surface area (Å²) in [5.74, 6) is -0.160. The van der Waals surface area contributed by atoms with E-state index in [0.717, 1.165) is 16.3 Å². The van der Waals surface area contributed by atoms with Crippen LogP contribution in [0.25, 0.3) is 0 Å². The number of amides is 2. The Morgan fingerprint density at radius 1 is 0.875 bits per heavy atom. The minimum Gasteiger partial charge on any atom is -0.493 e. The van der Waals surface area contributed by atoms with Crippen molar-refractivity contribution < 1.29 is 27.5 Å². The predicted octanol–water partition coefficient (Wildman–Crippen LogP) is 4.23. The van der Waals surface area contributed by atoms with Gasteiger partial charge in [0.2, 0.25) is 11.8 Å². The normalized spacial score (nSPS) is 11.8. The zero-order valence-electron chi connectivity index (χ0n) is 23.4. The van der Waals surface area contributed by atoms with Gasteiger partial charge >= 0.3 is 0 Å². The summed E-state index contributed by atoms with van der Waals surface area (Å²) >= 11 is 0. The Labute approximate surface area is 236 Å². The lowest BCUT2D eigenvalue weighted by molar-refractivity contribution is -0.140. The van der Waals surface area contributed by atoms with Crippen LogP contribution in [-0.4, -0.2) is 58.5 Å². The van der Waals surface area contributed by atoms with Gasteiger partial charge in [-0.3, -0.25) is 13.9 Å². The molecule has 9 nitrogen and oxygen atoms in total. The van der Waals surface area contributed by atoms with E-state index in [-0.39, 0.29) is 23.1 Å². The van der Waals surface area contributed by atoms with Crippen molar-refractivity contribution in [2.45, 2.75) is 44.2 Å². The number of hydrogen-bond donors (Lipinski definition) is 1. The Morgan fingerprint density at radius 2 is 1.50 bits per heavy atom. The highest BCUT2D eigenvalue weighted by atomic mass is 32.2. The summed E-state index contributed by atoms with van der Waals surface area (Å²) in [7, 11) is -1.35. The third-order valence-electron chi connectivity index (χ3n) is 6.40. The molecule has 1 atom stereocenters. The number of benzene rings is 3. The van der Waals surface area contributed by atoms with E-state index in [2.05, 4.69) is 5.32 Å². The second-order valence-corrected chi connectivity index (χ2v) is 10.9. The maximum Gasteiger partial charge on any atom is 0.264 e. The molecule has 2 amide bonds. The first kappa shape index (κ1) is 30.5. The zero-order valence-corrected chi connectivity index (χ0v) is 24.2. The van der Waals surface area contributed by atoms with Crippen LogP contribution in [0.2, 0.25) is 0 Å². The van der Waals surface area contributed by atoms with Crippen molar-refractivity contribution in [2.75, 3.05) is 31.6 Å². The van der Waals surface area contributed by atoms with Gasteiger partial charge in [0.15, 0.2) is 11.5 Å². The summed E-state index contributed by atoms with van der Waals surface area (Å²) in [5, 5.41) is 2.88. The summed E-state index contributed by atoms with van der Waals surface area (Å²) in [6.07, 6.45) is 1.11. The number of anilines is 1. The number of carbonyl (C=O) groups is 2. The van der Waals surface area contributed by atoms with Crippen molar-refractivity contribution in [3.05, 3.63) is 84.4 Å². The molecule has 0 bridgehead atoms. The molecule has 40 heavy (non-hydrogen) atoms. The molecule has 0 saturated carbocycles. The Morgan fingerprint density at radius 3 is 2.08 bits per heavy atom. The lowest BCUT2D eigenvalue weighted by atomic mass is 10.1. The largest absolute Gasteiger partial charge is 0.493 e. The third kappa shape index (κ3) is 7.32. The monoisotopic (exact) mass is 567 g/mol. The molecule has 3 aromatic rings. The van der Waals surface area contributed by atoms with Crippen molar-refractivity contribution in [3.8, 4) is 11.5 Å². The van der Waals surface area contributed by atoms with Gasteiger partial charge in [-0.1, -0.05) is 62.4 Å². The Hall–Kier alpha value is -4.05. The summed E-state index contributed by atoms with van der Waals surface area (Å²) < 4.78 is 39.7. The van der Waals surface area contributed by atoms with Gasteiger partial charge in [-0.2, -0.15) is 0 Å². The summed E-state index contributed by atoms with van der Waals surface area (Å²) in [4.78, 5) is 28.5. The topological polar surface area (TPSA) is 105 Å². The van der Waals surface area contributed by atoms with E-state index < -0.39 is 28.5 Å². The van der Waals surface area contributed by atoms with Crippen LogP contribution >= 0.6 is 0 Å². The van der Waals surface area contributed by atoms with E-state index in [1.165, 1.54) is 37.3 Å². The summed E-state index contributed by atoms with van der Waals surface area (Å²) in [5.41, 5.74) is 1.14. The van der Waals surface area contributed by atoms with Gasteiger partial charge in [-0.05, 0) is 42.7 Å². The average molecular weight is 568 g/mol. The highest BCUT2D eigenvalue weighted by molar-refractivity contribution is 7.92. The second kappa shape index (κ2) is 14.4. The van der Waals surface area contributed by atoms with Crippen LogP contribution in [0.5, 0.6) is 11.5 Å². The van der Waals surface area contributed by atoms with Crippen LogP contribution in [0.3, 0.4) is 0 Å². The number of carbonyl (C=O) groups excluding carboxylic acids is 2. The van der Waals surface area contributed by atoms with Gasteiger partial charge in [0.25, 0.3) is 10.0 Å². The van der Waals surface area contributed by atoms with Crippen LogP contribution in [0, 0.1) is 0 Å². The quantitative estimate of drug-likeness (QED) is 0.313. The van der Waals surface area contributed by atoms with Crippen molar-refractivity contribution >= 4 is 27.5 Å². The predicted molar refractivity (Wildman–Crippen MR) is 155 cm³/mol. The van der Waals surface area contributed by atoms with Gasteiger partial charge in [0, 0.05) is 19.2 Å². The SMILES string of the molecule is CCCNC(=O)[C@@H](CC)N(Cc1ccccc1)C(=O)CN(c1ccccc1)S(=O)(=O)c1ccc(OC)c(OC)c1. The zero-order chi connectivity index (χ0) is 29.1. The molecule has 0 radical (unpaired) electrons. The van der Waals surface area contributed by atoms with E-state index >= 15 is 0 Å². The van der Waals surface area contributed by atoms with Gasteiger partial charge in [-0.25, -0.2) is 8.42 Å². The average Bonchev–Trinajstić information content (AvgIpc) is 2.98. The number of nitrogens with zero attached hydrogens (tertiary/aromatic N) is 2. The van der Waals surface area contributed by atoms with E-state index in [9.17, 15) is 18.0 Å². The van der Waals surface area contributed by atoms with E-state index in [1.54, 1.807) is 30.3 Å². The minimum absolute atomic E-state index is 0.0656. The molecule has 0 spiro atoms. The number of rotatable bonds is 14. The Kier molecular flexibility index (Phi) is 11.0. The number of nitrogens with one attached hydrogen (secondary N) is 1. The molecule has 3 aromatic carbocycles. The Balaban J connectivity index is 2.05. The van der Waals surface area contributed by atoms with Crippen LogP contribution in [-0.2, 0) is 26.2 Å². The minimum atomic E-state index is -4.23. The third-order valence-corrected chi connectivity index (χ3v) is 8.17. The van der Waals surface area contributed by atoms with Crippen LogP contribution < -0.4 is 19.1 Å². The molecule has 0 aromatic heterocycles. The molecule has 3 rings (SSSR count).